The van der Waals surface area contributed by atoms with Gasteiger partial charge in [0.15, 0.2) is 0 Å². The Balaban J connectivity index is 1.52. The summed E-state index contributed by atoms with van der Waals surface area (Å²) in [5, 5.41) is 5.06. The van der Waals surface area contributed by atoms with E-state index in [2.05, 4.69) is 158 Å². The molecule has 1 aliphatic carbocycles. The van der Waals surface area contributed by atoms with Crippen LogP contribution in [0.4, 0.5) is 0 Å². The minimum atomic E-state index is -0.440. The predicted octanol–water partition coefficient (Wildman–Crippen LogP) is 10.0. The van der Waals surface area contributed by atoms with Crippen molar-refractivity contribution in [2.45, 2.75) is 5.41 Å². The Labute approximate surface area is 228 Å². The minimum absolute atomic E-state index is 0.440. The van der Waals surface area contributed by atoms with Crippen molar-refractivity contribution in [3.8, 4) is 22.3 Å². The van der Waals surface area contributed by atoms with Gasteiger partial charge in [-0.3, -0.25) is 0 Å². The maximum absolute atomic E-state index is 2.44. The van der Waals surface area contributed by atoms with E-state index >= 15 is 0 Å². The van der Waals surface area contributed by atoms with Crippen molar-refractivity contribution in [1.29, 1.82) is 0 Å². The van der Waals surface area contributed by atoms with Gasteiger partial charge < -0.3 is 0 Å². The molecule has 1 aliphatic rings. The van der Waals surface area contributed by atoms with E-state index in [1.807, 2.05) is 0 Å². The van der Waals surface area contributed by atoms with Crippen LogP contribution in [0.1, 0.15) is 22.3 Å². The van der Waals surface area contributed by atoms with Gasteiger partial charge in [-0.2, -0.15) is 0 Å². The Morgan fingerprint density at radius 3 is 1.51 bits per heavy atom. The van der Waals surface area contributed by atoms with Crippen LogP contribution < -0.4 is 0 Å². The quantitative estimate of drug-likeness (QED) is 0.229. The first-order chi connectivity index (χ1) is 19.3. The molecule has 7 aromatic carbocycles. The third-order valence-corrected chi connectivity index (χ3v) is 8.52. The molecule has 0 bridgehead atoms. The molecule has 0 saturated heterocycles. The number of hydrogen-bond acceptors (Lipinski definition) is 0. The largest absolute Gasteiger partial charge is 0.0714 e. The van der Waals surface area contributed by atoms with Gasteiger partial charge in [0.25, 0.3) is 0 Å². The van der Waals surface area contributed by atoms with Crippen molar-refractivity contribution in [3.05, 3.63) is 180 Å². The number of rotatable bonds is 3. The Morgan fingerprint density at radius 1 is 0.308 bits per heavy atom. The van der Waals surface area contributed by atoms with Crippen LogP contribution in [0.15, 0.2) is 158 Å². The summed E-state index contributed by atoms with van der Waals surface area (Å²) < 4.78 is 0. The lowest BCUT2D eigenvalue weighted by Gasteiger charge is -2.34. The van der Waals surface area contributed by atoms with E-state index in [1.165, 1.54) is 66.1 Å². The van der Waals surface area contributed by atoms with E-state index in [-0.39, 0.29) is 0 Å². The molecule has 0 heterocycles. The lowest BCUT2D eigenvalue weighted by molar-refractivity contribution is 0.771. The zero-order valence-electron chi connectivity index (χ0n) is 21.5. The van der Waals surface area contributed by atoms with E-state index in [0.29, 0.717) is 0 Å². The lowest BCUT2D eigenvalue weighted by atomic mass is 9.67. The standard InChI is InChI=1S/C39H26/c1-2-10-27(11-3-1)32-20-23-36-35-16-8-9-17-37(35)39(38(36)26-32,33-21-18-28-12-4-6-14-30(28)24-33)34-22-19-29-13-5-7-15-31(29)25-34/h1-26H. The van der Waals surface area contributed by atoms with E-state index in [0.717, 1.165) is 0 Å². The molecule has 182 valence electrons. The second-order valence-corrected chi connectivity index (χ2v) is 10.5. The van der Waals surface area contributed by atoms with Gasteiger partial charge in [-0.05, 0) is 84.3 Å². The van der Waals surface area contributed by atoms with Crippen molar-refractivity contribution >= 4 is 21.5 Å². The van der Waals surface area contributed by atoms with Gasteiger partial charge in [-0.25, -0.2) is 0 Å². The second-order valence-electron chi connectivity index (χ2n) is 10.5. The maximum atomic E-state index is 2.44. The van der Waals surface area contributed by atoms with Crippen molar-refractivity contribution in [1.82, 2.24) is 0 Å². The average Bonchev–Trinajstić information content (AvgIpc) is 3.31. The van der Waals surface area contributed by atoms with Gasteiger partial charge in [0.1, 0.15) is 0 Å². The van der Waals surface area contributed by atoms with Gasteiger partial charge in [-0.1, -0.05) is 140 Å². The Morgan fingerprint density at radius 2 is 0.846 bits per heavy atom. The van der Waals surface area contributed by atoms with E-state index in [9.17, 15) is 0 Å². The summed E-state index contributed by atoms with van der Waals surface area (Å²) in [7, 11) is 0. The minimum Gasteiger partial charge on any atom is -0.0622 e. The molecule has 0 heteroatoms. The second kappa shape index (κ2) is 8.55. The lowest BCUT2D eigenvalue weighted by Crippen LogP contribution is -2.28. The van der Waals surface area contributed by atoms with Gasteiger partial charge in [0.05, 0.1) is 5.41 Å². The highest BCUT2D eigenvalue weighted by Gasteiger charge is 2.46. The molecule has 0 radical (unpaired) electrons. The van der Waals surface area contributed by atoms with E-state index < -0.39 is 5.41 Å². The topological polar surface area (TPSA) is 0 Å². The molecule has 0 fully saturated rings. The number of benzene rings is 7. The monoisotopic (exact) mass is 494 g/mol. The van der Waals surface area contributed by atoms with Crippen molar-refractivity contribution < 1.29 is 0 Å². The summed E-state index contributed by atoms with van der Waals surface area (Å²) in [5.41, 5.74) is 9.95. The summed E-state index contributed by atoms with van der Waals surface area (Å²) in [4.78, 5) is 0. The molecule has 8 rings (SSSR count). The van der Waals surface area contributed by atoms with Crippen LogP contribution in [0.5, 0.6) is 0 Å². The third kappa shape index (κ3) is 3.25. The molecule has 0 unspecified atom stereocenters. The fourth-order valence-electron chi connectivity index (χ4n) is 6.72. The fourth-order valence-corrected chi connectivity index (χ4v) is 6.72. The normalized spacial score (nSPS) is 13.3. The first kappa shape index (κ1) is 22.1. The third-order valence-electron chi connectivity index (χ3n) is 8.52. The molecular weight excluding hydrogens is 468 g/mol. The predicted molar refractivity (Wildman–Crippen MR) is 164 cm³/mol. The average molecular weight is 495 g/mol. The van der Waals surface area contributed by atoms with Crippen molar-refractivity contribution in [3.63, 3.8) is 0 Å². The smallest absolute Gasteiger partial charge is 0.0622 e. The van der Waals surface area contributed by atoms with Gasteiger partial charge >= 0.3 is 0 Å². The Kier molecular flexibility index (Phi) is 4.84. The number of hydrogen-bond donors (Lipinski definition) is 0. The highest BCUT2D eigenvalue weighted by Crippen LogP contribution is 2.57. The van der Waals surface area contributed by atoms with Crippen LogP contribution in [-0.4, -0.2) is 0 Å². The van der Waals surface area contributed by atoms with Crippen LogP contribution in [0, 0.1) is 0 Å². The summed E-state index contributed by atoms with van der Waals surface area (Å²) >= 11 is 0. The molecule has 0 amide bonds. The van der Waals surface area contributed by atoms with E-state index in [4.69, 9.17) is 0 Å². The molecule has 0 aromatic heterocycles. The molecule has 0 N–H and O–H groups in total. The molecule has 7 aromatic rings. The molecule has 0 atom stereocenters. The Bertz CT molecular complexity index is 1930. The van der Waals surface area contributed by atoms with Crippen LogP contribution in [0.3, 0.4) is 0 Å². The first-order valence-electron chi connectivity index (χ1n) is 13.6. The highest BCUT2D eigenvalue weighted by atomic mass is 14.5. The SMILES string of the molecule is c1ccc(-c2ccc3c(c2)C(c2ccc4ccccc4c2)(c2ccc4ccccc4c2)c2ccccc2-3)cc1. The Hall–Kier alpha value is -4.94. The first-order valence-corrected chi connectivity index (χ1v) is 13.6. The van der Waals surface area contributed by atoms with Crippen molar-refractivity contribution in [2.24, 2.45) is 0 Å². The highest BCUT2D eigenvalue weighted by molar-refractivity contribution is 5.92. The molecule has 0 spiro atoms. The summed E-state index contributed by atoms with van der Waals surface area (Å²) in [6.07, 6.45) is 0. The van der Waals surface area contributed by atoms with Crippen LogP contribution in [0.2, 0.25) is 0 Å². The summed E-state index contributed by atoms with van der Waals surface area (Å²) in [5.74, 6) is 0. The van der Waals surface area contributed by atoms with Gasteiger partial charge in [0, 0.05) is 0 Å². The van der Waals surface area contributed by atoms with Gasteiger partial charge in [-0.15, -0.1) is 0 Å². The van der Waals surface area contributed by atoms with Crippen LogP contribution in [-0.2, 0) is 5.41 Å². The van der Waals surface area contributed by atoms with Crippen LogP contribution in [0.25, 0.3) is 43.8 Å². The molecule has 0 aliphatic heterocycles. The van der Waals surface area contributed by atoms with Crippen molar-refractivity contribution in [2.75, 3.05) is 0 Å². The fraction of sp³-hybridized carbons (Fsp3) is 0.0256. The summed E-state index contributed by atoms with van der Waals surface area (Å²) in [6.45, 7) is 0. The molecule has 0 nitrogen and oxygen atoms in total. The zero-order valence-corrected chi connectivity index (χ0v) is 21.5. The zero-order chi connectivity index (χ0) is 25.8. The summed E-state index contributed by atoms with van der Waals surface area (Å²) in [6, 6.07) is 58.2. The van der Waals surface area contributed by atoms with Gasteiger partial charge in [0.2, 0.25) is 0 Å². The molecule has 0 saturated carbocycles. The molecule has 39 heavy (non-hydrogen) atoms. The van der Waals surface area contributed by atoms with E-state index in [1.54, 1.807) is 0 Å². The molecular formula is C39H26. The number of fused-ring (bicyclic) bond motifs is 5. The van der Waals surface area contributed by atoms with Crippen LogP contribution >= 0.6 is 0 Å². The maximum Gasteiger partial charge on any atom is 0.0714 e.